The van der Waals surface area contributed by atoms with E-state index in [4.69, 9.17) is 9.72 Å². The summed E-state index contributed by atoms with van der Waals surface area (Å²) in [7, 11) is 0. The maximum atomic E-state index is 5.58. The molecule has 27 heavy (non-hydrogen) atoms. The van der Waals surface area contributed by atoms with Crippen molar-refractivity contribution in [1.82, 2.24) is 9.38 Å². The van der Waals surface area contributed by atoms with Crippen molar-refractivity contribution in [2.24, 2.45) is 5.41 Å². The third-order valence-corrected chi connectivity index (χ3v) is 4.40. The Hall–Kier alpha value is -2.49. The number of ether oxygens (including phenoxy) is 1. The van der Waals surface area contributed by atoms with Crippen LogP contribution in [0.25, 0.3) is 16.9 Å². The Morgan fingerprint density at radius 3 is 2.33 bits per heavy atom. The molecular weight excluding hydrogens is 334 g/mol. The van der Waals surface area contributed by atoms with Crippen LogP contribution in [-0.2, 0) is 0 Å². The van der Waals surface area contributed by atoms with E-state index in [1.54, 1.807) is 0 Å². The second kappa shape index (κ2) is 7.26. The van der Waals surface area contributed by atoms with E-state index in [0.717, 1.165) is 34.9 Å². The van der Waals surface area contributed by atoms with E-state index < -0.39 is 0 Å². The fraction of sp³-hybridized carbons (Fsp3) is 0.435. The smallest absolute Gasteiger partial charge is 0.139 e. The number of nitrogens with zero attached hydrogens (tertiary/aromatic N) is 2. The Kier molecular flexibility index (Phi) is 5.18. The lowest BCUT2D eigenvalue weighted by Crippen LogP contribution is -2.36. The Balaban J connectivity index is 2.04. The van der Waals surface area contributed by atoms with Crippen LogP contribution in [-0.4, -0.2) is 21.5 Å². The molecule has 0 saturated heterocycles. The minimum absolute atomic E-state index is 0.0654. The van der Waals surface area contributed by atoms with Gasteiger partial charge in [0.25, 0.3) is 0 Å². The van der Waals surface area contributed by atoms with E-state index >= 15 is 0 Å². The maximum Gasteiger partial charge on any atom is 0.139 e. The molecule has 2 aromatic heterocycles. The molecule has 0 radical (unpaired) electrons. The van der Waals surface area contributed by atoms with Gasteiger partial charge < -0.3 is 10.1 Å². The number of imidazole rings is 1. The van der Waals surface area contributed by atoms with Gasteiger partial charge >= 0.3 is 0 Å². The number of anilines is 1. The first kappa shape index (κ1) is 19.3. The molecule has 0 saturated carbocycles. The largest absolute Gasteiger partial charge is 0.494 e. The Labute approximate surface area is 162 Å². The second-order valence-corrected chi connectivity index (χ2v) is 8.94. The zero-order chi connectivity index (χ0) is 19.7. The van der Waals surface area contributed by atoms with Gasteiger partial charge in [-0.25, -0.2) is 4.98 Å². The van der Waals surface area contributed by atoms with Crippen molar-refractivity contribution >= 4 is 11.5 Å². The molecule has 0 spiro atoms. The molecule has 2 heterocycles. The van der Waals surface area contributed by atoms with Crippen molar-refractivity contribution in [3.8, 4) is 17.0 Å². The first-order valence-electron chi connectivity index (χ1n) is 9.67. The first-order valence-corrected chi connectivity index (χ1v) is 9.67. The van der Waals surface area contributed by atoms with Crippen molar-refractivity contribution in [3.05, 3.63) is 48.7 Å². The standard InChI is InChI=1S/C23H31N3O/c1-7-27-18-13-11-17(12-14-18)20-21(25-23(5,6)16-22(2,3)4)26-15-9-8-10-19(26)24-20/h8-15,25H,7,16H2,1-6H3. The van der Waals surface area contributed by atoms with Gasteiger partial charge in [-0.05, 0) is 69.0 Å². The number of hydrogen-bond acceptors (Lipinski definition) is 3. The normalized spacial score (nSPS) is 12.4. The van der Waals surface area contributed by atoms with Crippen LogP contribution in [0.2, 0.25) is 0 Å². The number of benzene rings is 1. The molecule has 3 aromatic rings. The molecule has 0 amide bonds. The average molecular weight is 366 g/mol. The summed E-state index contributed by atoms with van der Waals surface area (Å²) in [6.45, 7) is 14.0. The molecule has 4 heteroatoms. The second-order valence-electron chi connectivity index (χ2n) is 8.94. The lowest BCUT2D eigenvalue weighted by Gasteiger charge is -2.34. The fourth-order valence-electron chi connectivity index (χ4n) is 3.88. The van der Waals surface area contributed by atoms with Crippen LogP contribution >= 0.6 is 0 Å². The van der Waals surface area contributed by atoms with Gasteiger partial charge in [0, 0.05) is 17.3 Å². The molecule has 144 valence electrons. The highest BCUT2D eigenvalue weighted by Crippen LogP contribution is 2.35. The van der Waals surface area contributed by atoms with Gasteiger partial charge in [0.1, 0.15) is 22.9 Å². The van der Waals surface area contributed by atoms with Crippen molar-refractivity contribution in [2.75, 3.05) is 11.9 Å². The highest BCUT2D eigenvalue weighted by molar-refractivity contribution is 5.77. The van der Waals surface area contributed by atoms with Crippen molar-refractivity contribution < 1.29 is 4.74 Å². The van der Waals surface area contributed by atoms with Gasteiger partial charge in [-0.1, -0.05) is 26.8 Å². The highest BCUT2D eigenvalue weighted by Gasteiger charge is 2.28. The van der Waals surface area contributed by atoms with Gasteiger partial charge in [0.2, 0.25) is 0 Å². The minimum Gasteiger partial charge on any atom is -0.494 e. The summed E-state index contributed by atoms with van der Waals surface area (Å²) in [6, 6.07) is 14.3. The number of rotatable bonds is 6. The van der Waals surface area contributed by atoms with Gasteiger partial charge in [-0.2, -0.15) is 0 Å². The fourth-order valence-corrected chi connectivity index (χ4v) is 3.88. The maximum absolute atomic E-state index is 5.58. The molecular formula is C23H31N3O. The average Bonchev–Trinajstić information content (AvgIpc) is 2.92. The lowest BCUT2D eigenvalue weighted by molar-refractivity contribution is 0.302. The molecule has 3 rings (SSSR count). The van der Waals surface area contributed by atoms with Crippen molar-refractivity contribution in [1.29, 1.82) is 0 Å². The van der Waals surface area contributed by atoms with Crippen molar-refractivity contribution in [3.63, 3.8) is 0 Å². The summed E-state index contributed by atoms with van der Waals surface area (Å²) >= 11 is 0. The zero-order valence-corrected chi connectivity index (χ0v) is 17.3. The molecule has 0 aliphatic rings. The van der Waals surface area contributed by atoms with Crippen LogP contribution in [0.4, 0.5) is 5.82 Å². The third-order valence-electron chi connectivity index (χ3n) is 4.40. The summed E-state index contributed by atoms with van der Waals surface area (Å²) < 4.78 is 7.72. The number of hydrogen-bond donors (Lipinski definition) is 1. The summed E-state index contributed by atoms with van der Waals surface area (Å²) in [5, 5.41) is 3.77. The molecule has 0 bridgehead atoms. The molecule has 1 N–H and O–H groups in total. The third kappa shape index (κ3) is 4.62. The van der Waals surface area contributed by atoms with Gasteiger partial charge in [-0.15, -0.1) is 0 Å². The number of nitrogens with one attached hydrogen (secondary N) is 1. The molecule has 0 aliphatic carbocycles. The summed E-state index contributed by atoms with van der Waals surface area (Å²) in [5.74, 6) is 1.91. The molecule has 4 nitrogen and oxygen atoms in total. The van der Waals surface area contributed by atoms with E-state index in [1.807, 2.05) is 37.3 Å². The zero-order valence-electron chi connectivity index (χ0n) is 17.3. The Morgan fingerprint density at radius 2 is 1.70 bits per heavy atom. The van der Waals surface area contributed by atoms with E-state index in [2.05, 4.69) is 62.7 Å². The minimum atomic E-state index is -0.0654. The monoisotopic (exact) mass is 365 g/mol. The predicted octanol–water partition coefficient (Wildman–Crippen LogP) is 6.03. The van der Waals surface area contributed by atoms with E-state index in [9.17, 15) is 0 Å². The molecule has 0 fully saturated rings. The van der Waals surface area contributed by atoms with Gasteiger partial charge in [0.05, 0.1) is 6.61 Å². The predicted molar refractivity (Wildman–Crippen MR) is 114 cm³/mol. The van der Waals surface area contributed by atoms with Crippen LogP contribution in [0.3, 0.4) is 0 Å². The number of pyridine rings is 1. The summed E-state index contributed by atoms with van der Waals surface area (Å²) in [6.07, 6.45) is 3.11. The van der Waals surface area contributed by atoms with E-state index in [1.165, 1.54) is 0 Å². The Bertz CT molecular complexity index is 902. The topological polar surface area (TPSA) is 38.6 Å². The highest BCUT2D eigenvalue weighted by atomic mass is 16.5. The van der Waals surface area contributed by atoms with Crippen molar-refractivity contribution in [2.45, 2.75) is 53.5 Å². The van der Waals surface area contributed by atoms with Crippen LogP contribution in [0, 0.1) is 5.41 Å². The van der Waals surface area contributed by atoms with E-state index in [0.29, 0.717) is 6.61 Å². The number of aromatic nitrogens is 2. The van der Waals surface area contributed by atoms with Crippen LogP contribution in [0.5, 0.6) is 5.75 Å². The number of fused-ring (bicyclic) bond motifs is 1. The van der Waals surface area contributed by atoms with Crippen LogP contribution < -0.4 is 10.1 Å². The summed E-state index contributed by atoms with van der Waals surface area (Å²) in [5.41, 5.74) is 3.15. The van der Waals surface area contributed by atoms with Gasteiger partial charge in [0.15, 0.2) is 0 Å². The SMILES string of the molecule is CCOc1ccc(-c2nc3ccccn3c2NC(C)(C)CC(C)(C)C)cc1. The first-order chi connectivity index (χ1) is 12.7. The van der Waals surface area contributed by atoms with Crippen LogP contribution in [0.1, 0.15) is 48.0 Å². The molecule has 1 aromatic carbocycles. The van der Waals surface area contributed by atoms with E-state index in [-0.39, 0.29) is 11.0 Å². The summed E-state index contributed by atoms with van der Waals surface area (Å²) in [4.78, 5) is 4.90. The van der Waals surface area contributed by atoms with Crippen LogP contribution in [0.15, 0.2) is 48.7 Å². The molecule has 0 aliphatic heterocycles. The lowest BCUT2D eigenvalue weighted by atomic mass is 9.82. The quantitative estimate of drug-likeness (QED) is 0.580. The Morgan fingerprint density at radius 1 is 1.00 bits per heavy atom. The molecule has 0 atom stereocenters. The molecule has 0 unspecified atom stereocenters. The van der Waals surface area contributed by atoms with Gasteiger partial charge in [-0.3, -0.25) is 4.40 Å².